The smallest absolute Gasteiger partial charge is 0.326 e. The zero-order chi connectivity index (χ0) is 14.8. The lowest BCUT2D eigenvalue weighted by Crippen LogP contribution is -2.52. The van der Waals surface area contributed by atoms with Gasteiger partial charge in [-0.1, -0.05) is 20.8 Å². The molecule has 0 aromatic rings. The maximum atomic E-state index is 12.2. The first-order valence-corrected chi connectivity index (χ1v) is 6.49. The van der Waals surface area contributed by atoms with Crippen molar-refractivity contribution in [2.75, 3.05) is 6.54 Å². The van der Waals surface area contributed by atoms with E-state index >= 15 is 0 Å². The molecule has 1 aliphatic rings. The first-order valence-electron chi connectivity index (χ1n) is 6.49. The highest BCUT2D eigenvalue weighted by atomic mass is 16.4. The number of carboxylic acid groups (broad SMARTS) is 1. The van der Waals surface area contributed by atoms with Gasteiger partial charge in [0.15, 0.2) is 0 Å². The molecule has 0 bridgehead atoms. The van der Waals surface area contributed by atoms with Crippen LogP contribution in [0.5, 0.6) is 0 Å². The summed E-state index contributed by atoms with van der Waals surface area (Å²) < 4.78 is 0. The molecule has 108 valence electrons. The van der Waals surface area contributed by atoms with Crippen LogP contribution >= 0.6 is 0 Å². The van der Waals surface area contributed by atoms with Crippen molar-refractivity contribution >= 4 is 17.8 Å². The van der Waals surface area contributed by atoms with E-state index in [2.05, 4.69) is 5.32 Å². The monoisotopic (exact) mass is 270 g/mol. The molecule has 1 fully saturated rings. The van der Waals surface area contributed by atoms with Gasteiger partial charge in [-0.05, 0) is 19.8 Å². The summed E-state index contributed by atoms with van der Waals surface area (Å²) in [6.45, 7) is 7.30. The van der Waals surface area contributed by atoms with Gasteiger partial charge in [0.2, 0.25) is 11.8 Å². The molecule has 1 saturated heterocycles. The third-order valence-electron chi connectivity index (χ3n) is 3.22. The molecular weight excluding hydrogens is 248 g/mol. The highest BCUT2D eigenvalue weighted by Gasteiger charge is 2.36. The van der Waals surface area contributed by atoms with E-state index in [1.165, 1.54) is 4.90 Å². The van der Waals surface area contributed by atoms with Gasteiger partial charge in [-0.2, -0.15) is 0 Å². The average molecular weight is 270 g/mol. The molecule has 0 spiro atoms. The minimum Gasteiger partial charge on any atom is -0.480 e. The Morgan fingerprint density at radius 2 is 1.89 bits per heavy atom. The minimum absolute atomic E-state index is 0.223. The lowest BCUT2D eigenvalue weighted by Gasteiger charge is -2.27. The number of aliphatic carboxylic acids is 1. The molecule has 0 aromatic heterocycles. The topological polar surface area (TPSA) is 86.7 Å². The molecule has 6 heteroatoms. The van der Waals surface area contributed by atoms with E-state index < -0.39 is 23.5 Å². The molecule has 0 aliphatic carbocycles. The summed E-state index contributed by atoms with van der Waals surface area (Å²) in [5.74, 6) is -1.54. The first-order chi connectivity index (χ1) is 8.64. The standard InChI is InChI=1S/C13H22N2O4/c1-8(14-12(19)13(2,3)4)10(16)15-7-5-6-9(15)11(17)18/h8-9H,5-7H2,1-4H3,(H,14,19)(H,17,18)/t8?,9-/m1/s1. The molecule has 2 amide bonds. The second-order valence-electron chi connectivity index (χ2n) is 5.97. The Balaban J connectivity index is 2.67. The fourth-order valence-corrected chi connectivity index (χ4v) is 2.01. The fraction of sp³-hybridized carbons (Fsp3) is 0.769. The molecule has 1 heterocycles. The second-order valence-corrected chi connectivity index (χ2v) is 5.97. The number of amides is 2. The molecule has 0 saturated carbocycles. The van der Waals surface area contributed by atoms with Crippen LogP contribution in [0.15, 0.2) is 0 Å². The van der Waals surface area contributed by atoms with E-state index in [4.69, 9.17) is 5.11 Å². The van der Waals surface area contributed by atoms with Gasteiger partial charge in [-0.15, -0.1) is 0 Å². The number of likely N-dealkylation sites (tertiary alicyclic amines) is 1. The quantitative estimate of drug-likeness (QED) is 0.786. The van der Waals surface area contributed by atoms with E-state index in [1.54, 1.807) is 27.7 Å². The van der Waals surface area contributed by atoms with Crippen LogP contribution in [0.4, 0.5) is 0 Å². The minimum atomic E-state index is -0.986. The maximum absolute atomic E-state index is 12.2. The fourth-order valence-electron chi connectivity index (χ4n) is 2.01. The van der Waals surface area contributed by atoms with E-state index in [9.17, 15) is 14.4 Å². The number of carbonyl (C=O) groups excluding carboxylic acids is 2. The van der Waals surface area contributed by atoms with Crippen LogP contribution in [0.1, 0.15) is 40.5 Å². The first kappa shape index (κ1) is 15.5. The largest absolute Gasteiger partial charge is 0.480 e. The summed E-state index contributed by atoms with van der Waals surface area (Å²) in [6.07, 6.45) is 1.16. The van der Waals surface area contributed by atoms with E-state index in [0.29, 0.717) is 19.4 Å². The molecule has 0 radical (unpaired) electrons. The maximum Gasteiger partial charge on any atom is 0.326 e. The van der Waals surface area contributed by atoms with Gasteiger partial charge in [0, 0.05) is 12.0 Å². The van der Waals surface area contributed by atoms with Crippen LogP contribution in [0.3, 0.4) is 0 Å². The number of hydrogen-bond donors (Lipinski definition) is 2. The summed E-state index contributed by atoms with van der Waals surface area (Å²) in [6, 6.07) is -1.46. The Bertz CT molecular complexity index is 387. The average Bonchev–Trinajstić information content (AvgIpc) is 2.75. The van der Waals surface area contributed by atoms with Crippen LogP contribution < -0.4 is 5.32 Å². The number of rotatable bonds is 3. The van der Waals surface area contributed by atoms with Crippen molar-refractivity contribution in [3.63, 3.8) is 0 Å². The molecule has 0 aromatic carbocycles. The summed E-state index contributed by atoms with van der Waals surface area (Å²) in [7, 11) is 0. The van der Waals surface area contributed by atoms with Crippen molar-refractivity contribution in [1.29, 1.82) is 0 Å². The number of nitrogens with one attached hydrogen (secondary N) is 1. The third kappa shape index (κ3) is 3.68. The molecule has 6 nitrogen and oxygen atoms in total. The number of hydrogen-bond acceptors (Lipinski definition) is 3. The summed E-state index contributed by atoms with van der Waals surface area (Å²) in [5, 5.41) is 11.7. The number of carboxylic acids is 1. The van der Waals surface area contributed by atoms with Gasteiger partial charge in [0.05, 0.1) is 0 Å². The summed E-state index contributed by atoms with van der Waals surface area (Å²) in [5.41, 5.74) is -0.578. The van der Waals surface area contributed by atoms with Crippen molar-refractivity contribution in [1.82, 2.24) is 10.2 Å². The van der Waals surface area contributed by atoms with Gasteiger partial charge >= 0.3 is 5.97 Å². The van der Waals surface area contributed by atoms with Crippen LogP contribution in [-0.2, 0) is 14.4 Å². The zero-order valence-corrected chi connectivity index (χ0v) is 11.9. The van der Waals surface area contributed by atoms with Gasteiger partial charge in [0.1, 0.15) is 12.1 Å². The Kier molecular flexibility index (Phi) is 4.55. The van der Waals surface area contributed by atoms with E-state index in [1.807, 2.05) is 0 Å². The third-order valence-corrected chi connectivity index (χ3v) is 3.22. The normalized spacial score (nSPS) is 21.1. The molecule has 1 unspecified atom stereocenters. The Morgan fingerprint density at radius 3 is 2.37 bits per heavy atom. The highest BCUT2D eigenvalue weighted by Crippen LogP contribution is 2.19. The van der Waals surface area contributed by atoms with Crippen molar-refractivity contribution in [3.8, 4) is 0 Å². The molecule has 2 atom stereocenters. The summed E-state index contributed by atoms with van der Waals surface area (Å²) in [4.78, 5) is 36.4. The lowest BCUT2D eigenvalue weighted by molar-refractivity contribution is -0.149. The zero-order valence-electron chi connectivity index (χ0n) is 11.9. The molecule has 19 heavy (non-hydrogen) atoms. The lowest BCUT2D eigenvalue weighted by atomic mass is 9.95. The predicted molar refractivity (Wildman–Crippen MR) is 69.4 cm³/mol. The Morgan fingerprint density at radius 1 is 1.32 bits per heavy atom. The van der Waals surface area contributed by atoms with Crippen molar-refractivity contribution < 1.29 is 19.5 Å². The van der Waals surface area contributed by atoms with Crippen molar-refractivity contribution in [2.24, 2.45) is 5.41 Å². The Hall–Kier alpha value is -1.59. The summed E-state index contributed by atoms with van der Waals surface area (Å²) >= 11 is 0. The molecular formula is C13H22N2O4. The number of nitrogens with zero attached hydrogens (tertiary/aromatic N) is 1. The van der Waals surface area contributed by atoms with Crippen molar-refractivity contribution in [3.05, 3.63) is 0 Å². The number of carbonyl (C=O) groups is 3. The predicted octanol–water partition coefficient (Wildman–Crippen LogP) is 0.613. The van der Waals surface area contributed by atoms with E-state index in [-0.39, 0.29) is 11.8 Å². The van der Waals surface area contributed by atoms with Crippen LogP contribution in [0.25, 0.3) is 0 Å². The van der Waals surface area contributed by atoms with E-state index in [0.717, 1.165) is 0 Å². The SMILES string of the molecule is CC(NC(=O)C(C)(C)C)C(=O)N1CCC[C@@H]1C(=O)O. The second kappa shape index (κ2) is 5.59. The van der Waals surface area contributed by atoms with Crippen LogP contribution in [0, 0.1) is 5.41 Å². The van der Waals surface area contributed by atoms with Gasteiger partial charge < -0.3 is 15.3 Å². The van der Waals surface area contributed by atoms with Crippen LogP contribution in [0.2, 0.25) is 0 Å². The van der Waals surface area contributed by atoms with Gasteiger partial charge in [-0.25, -0.2) is 4.79 Å². The van der Waals surface area contributed by atoms with Crippen LogP contribution in [-0.4, -0.2) is 46.4 Å². The van der Waals surface area contributed by atoms with Crippen molar-refractivity contribution in [2.45, 2.75) is 52.6 Å². The highest BCUT2D eigenvalue weighted by molar-refractivity contribution is 5.91. The Labute approximate surface area is 113 Å². The molecule has 1 aliphatic heterocycles. The molecule has 2 N–H and O–H groups in total. The van der Waals surface area contributed by atoms with Gasteiger partial charge in [-0.3, -0.25) is 9.59 Å². The molecule has 1 rings (SSSR count). The van der Waals surface area contributed by atoms with Gasteiger partial charge in [0.25, 0.3) is 0 Å².